The van der Waals surface area contributed by atoms with Gasteiger partial charge in [-0.2, -0.15) is 16.1 Å². The number of benzene rings is 2. The lowest BCUT2D eigenvalue weighted by molar-refractivity contribution is 0.152. The minimum Gasteiger partial charge on any atom is -0.384 e. The maximum atomic E-state index is 12.1. The molecule has 0 amide bonds. The Labute approximate surface area is 166 Å². The summed E-state index contributed by atoms with van der Waals surface area (Å²) in [6.07, 6.45) is -1.39. The second-order valence-electron chi connectivity index (χ2n) is 6.44. The first-order valence-corrected chi connectivity index (χ1v) is 10.2. The van der Waals surface area contributed by atoms with Gasteiger partial charge in [0.1, 0.15) is 12.3 Å². The zero-order valence-electron chi connectivity index (χ0n) is 15.2. The van der Waals surface area contributed by atoms with Crippen LogP contribution in [0, 0.1) is 0 Å². The Morgan fingerprint density at radius 3 is 2.34 bits per heavy atom. The summed E-state index contributed by atoms with van der Waals surface area (Å²) in [5, 5.41) is 18.8. The highest BCUT2D eigenvalue weighted by Crippen LogP contribution is 2.33. The monoisotopic (exact) mass is 417 g/mol. The van der Waals surface area contributed by atoms with Crippen LogP contribution in [0.3, 0.4) is 0 Å². The van der Waals surface area contributed by atoms with Gasteiger partial charge in [0.2, 0.25) is 15.8 Å². The Balaban J connectivity index is 1.76. The molecule has 0 unspecified atom stereocenters. The van der Waals surface area contributed by atoms with Crippen LogP contribution < -0.4 is 27.1 Å². The fourth-order valence-corrected chi connectivity index (χ4v) is 3.86. The molecule has 0 radical (unpaired) electrons. The van der Waals surface area contributed by atoms with Crippen LogP contribution in [-0.2, 0) is 10.0 Å². The lowest BCUT2D eigenvalue weighted by atomic mass is 9.97. The van der Waals surface area contributed by atoms with Crippen molar-refractivity contribution in [3.8, 4) is 22.5 Å². The number of nitrogens with one attached hydrogen (secondary N) is 4. The van der Waals surface area contributed by atoms with E-state index >= 15 is 0 Å². The van der Waals surface area contributed by atoms with Crippen LogP contribution in [0.2, 0.25) is 0 Å². The number of aliphatic hydroxyl groups excluding tert-OH is 1. The standard InChI is InChI=1S/C17H19N7O4S/c1-9(25)17-19-15(22-28-17)11-7-5-10(6-8-11)12-3-2-4-13(29(18,26)27)14(12)16-20-23-24-21-16/h2-9,16,20-21,23-25H,1H3,(H2,18,26,27)/t9-/m0/s1. The number of hydrogen-bond donors (Lipinski definition) is 6. The molecule has 11 nitrogen and oxygen atoms in total. The zero-order valence-corrected chi connectivity index (χ0v) is 16.1. The van der Waals surface area contributed by atoms with Gasteiger partial charge in [-0.05, 0) is 24.1 Å². The highest BCUT2D eigenvalue weighted by atomic mass is 32.2. The number of nitrogens with zero attached hydrogens (tertiary/aromatic N) is 2. The van der Waals surface area contributed by atoms with E-state index in [1.165, 1.54) is 13.0 Å². The molecule has 29 heavy (non-hydrogen) atoms. The molecule has 0 aliphatic carbocycles. The number of aromatic nitrogens is 2. The second-order valence-corrected chi connectivity index (χ2v) is 7.97. The van der Waals surface area contributed by atoms with Gasteiger partial charge in [-0.1, -0.05) is 41.6 Å². The number of primary sulfonamides is 1. The van der Waals surface area contributed by atoms with Crippen molar-refractivity contribution in [1.29, 1.82) is 0 Å². The zero-order chi connectivity index (χ0) is 20.6. The average molecular weight is 417 g/mol. The van der Waals surface area contributed by atoms with E-state index in [0.717, 1.165) is 5.56 Å². The summed E-state index contributed by atoms with van der Waals surface area (Å²) in [5.74, 6) is 0.476. The summed E-state index contributed by atoms with van der Waals surface area (Å²) in [4.78, 5) is 4.16. The average Bonchev–Trinajstić information content (AvgIpc) is 3.39. The third-order valence-electron chi connectivity index (χ3n) is 4.41. The fourth-order valence-electron chi connectivity index (χ4n) is 3.06. The Morgan fingerprint density at radius 2 is 1.76 bits per heavy atom. The Kier molecular flexibility index (Phi) is 5.14. The first kappa shape index (κ1) is 19.6. The topological polar surface area (TPSA) is 167 Å². The predicted molar refractivity (Wildman–Crippen MR) is 102 cm³/mol. The van der Waals surface area contributed by atoms with Gasteiger partial charge in [0, 0.05) is 11.1 Å². The molecular weight excluding hydrogens is 398 g/mol. The summed E-state index contributed by atoms with van der Waals surface area (Å²) < 4.78 is 29.3. The van der Waals surface area contributed by atoms with E-state index in [4.69, 9.17) is 9.66 Å². The molecule has 0 spiro atoms. The molecule has 0 saturated carbocycles. The molecule has 4 rings (SSSR count). The van der Waals surface area contributed by atoms with E-state index in [9.17, 15) is 13.5 Å². The summed E-state index contributed by atoms with van der Waals surface area (Å²) in [6.45, 7) is 1.54. The predicted octanol–water partition coefficient (Wildman–Crippen LogP) is 0.220. The van der Waals surface area contributed by atoms with Crippen molar-refractivity contribution < 1.29 is 18.0 Å². The Hall–Kier alpha value is -2.71. The van der Waals surface area contributed by atoms with Crippen molar-refractivity contribution in [2.45, 2.75) is 24.1 Å². The van der Waals surface area contributed by atoms with E-state index in [2.05, 4.69) is 32.1 Å². The van der Waals surface area contributed by atoms with E-state index < -0.39 is 22.3 Å². The minimum absolute atomic E-state index is 0.00863. The van der Waals surface area contributed by atoms with Crippen molar-refractivity contribution >= 4 is 10.0 Å². The third kappa shape index (κ3) is 3.90. The molecule has 1 atom stereocenters. The highest BCUT2D eigenvalue weighted by Gasteiger charge is 2.27. The molecule has 2 aromatic carbocycles. The number of aliphatic hydroxyl groups is 1. The minimum atomic E-state index is -3.95. The summed E-state index contributed by atoms with van der Waals surface area (Å²) in [7, 11) is -3.95. The SMILES string of the molecule is C[C@H](O)c1nc(-c2ccc(-c3cccc(S(N)(=O)=O)c3C3NNNN3)cc2)no1. The van der Waals surface area contributed by atoms with Crippen LogP contribution in [0.5, 0.6) is 0 Å². The molecule has 7 N–H and O–H groups in total. The van der Waals surface area contributed by atoms with Gasteiger partial charge in [0.25, 0.3) is 5.89 Å². The molecule has 2 heterocycles. The molecule has 12 heteroatoms. The highest BCUT2D eigenvalue weighted by molar-refractivity contribution is 7.89. The van der Waals surface area contributed by atoms with Crippen molar-refractivity contribution in [2.24, 2.45) is 5.14 Å². The van der Waals surface area contributed by atoms with Crippen LogP contribution in [0.1, 0.15) is 30.6 Å². The Bertz CT molecular complexity index is 1120. The maximum absolute atomic E-state index is 12.1. The van der Waals surface area contributed by atoms with Crippen molar-refractivity contribution in [3.05, 3.63) is 53.9 Å². The summed E-state index contributed by atoms with van der Waals surface area (Å²) >= 11 is 0. The van der Waals surface area contributed by atoms with E-state index in [-0.39, 0.29) is 10.8 Å². The van der Waals surface area contributed by atoms with Crippen LogP contribution in [0.4, 0.5) is 0 Å². The van der Waals surface area contributed by atoms with Crippen molar-refractivity contribution in [3.63, 3.8) is 0 Å². The molecule has 0 bridgehead atoms. The normalized spacial score (nSPS) is 16.2. The smallest absolute Gasteiger partial charge is 0.255 e. The number of nitrogens with two attached hydrogens (primary N) is 1. The van der Waals surface area contributed by atoms with Gasteiger partial charge < -0.3 is 9.63 Å². The lowest BCUT2D eigenvalue weighted by Crippen LogP contribution is -2.33. The van der Waals surface area contributed by atoms with Crippen LogP contribution in [0.15, 0.2) is 51.9 Å². The van der Waals surface area contributed by atoms with E-state index in [0.29, 0.717) is 22.5 Å². The quantitative estimate of drug-likeness (QED) is 0.338. The fraction of sp³-hybridized carbons (Fsp3) is 0.176. The summed E-state index contributed by atoms with van der Waals surface area (Å²) in [5.41, 5.74) is 13.8. The molecule has 1 saturated heterocycles. The molecule has 1 aliphatic heterocycles. The van der Waals surface area contributed by atoms with Crippen molar-refractivity contribution in [1.82, 2.24) is 32.1 Å². The summed E-state index contributed by atoms with van der Waals surface area (Å²) in [6, 6.07) is 12.1. The van der Waals surface area contributed by atoms with Crippen LogP contribution >= 0.6 is 0 Å². The molecular formula is C17H19N7O4S. The second kappa shape index (κ2) is 7.61. The van der Waals surface area contributed by atoms with Gasteiger partial charge in [-0.15, -0.1) is 0 Å². The van der Waals surface area contributed by atoms with Gasteiger partial charge in [-0.25, -0.2) is 24.4 Å². The van der Waals surface area contributed by atoms with Crippen molar-refractivity contribution in [2.75, 3.05) is 0 Å². The lowest BCUT2D eigenvalue weighted by Gasteiger charge is -2.18. The van der Waals surface area contributed by atoms with Crippen LogP contribution in [0.25, 0.3) is 22.5 Å². The third-order valence-corrected chi connectivity index (χ3v) is 5.38. The van der Waals surface area contributed by atoms with E-state index in [1.807, 2.05) is 12.1 Å². The van der Waals surface area contributed by atoms with Gasteiger partial charge in [-0.3, -0.25) is 0 Å². The first-order chi connectivity index (χ1) is 13.8. The van der Waals surface area contributed by atoms with Crippen LogP contribution in [-0.4, -0.2) is 23.7 Å². The Morgan fingerprint density at radius 1 is 1.10 bits per heavy atom. The van der Waals surface area contributed by atoms with Gasteiger partial charge >= 0.3 is 0 Å². The molecule has 1 aromatic heterocycles. The number of hydrogen-bond acceptors (Lipinski definition) is 10. The van der Waals surface area contributed by atoms with E-state index in [1.54, 1.807) is 24.3 Å². The molecule has 1 fully saturated rings. The van der Waals surface area contributed by atoms with Gasteiger partial charge in [0.15, 0.2) is 0 Å². The largest absolute Gasteiger partial charge is 0.384 e. The first-order valence-electron chi connectivity index (χ1n) is 8.64. The number of hydrazine groups is 3. The van der Waals surface area contributed by atoms with Gasteiger partial charge in [0.05, 0.1) is 4.90 Å². The number of sulfonamides is 1. The molecule has 1 aliphatic rings. The maximum Gasteiger partial charge on any atom is 0.255 e. The number of rotatable bonds is 5. The molecule has 3 aromatic rings. The molecule has 152 valence electrons.